The Morgan fingerprint density at radius 2 is 2.00 bits per heavy atom. The predicted molar refractivity (Wildman–Crippen MR) is 82.9 cm³/mol. The van der Waals surface area contributed by atoms with E-state index in [9.17, 15) is 9.59 Å². The average molecular weight is 290 g/mol. The standard InChI is InChI=1S/C16H22N2O3/c1-3-15(19)17-13-10-12(16(20)21)4-5-14(13)18-8-6-11(2)7-9-18/h4-5,10-11H,3,6-9H2,1-2H3,(H,17,19)(H,20,21). The lowest BCUT2D eigenvalue weighted by Gasteiger charge is -2.33. The lowest BCUT2D eigenvalue weighted by atomic mass is 9.98. The number of piperidine rings is 1. The van der Waals surface area contributed by atoms with Crippen LogP contribution in [0.5, 0.6) is 0 Å². The van der Waals surface area contributed by atoms with Crippen LogP contribution in [0.4, 0.5) is 11.4 Å². The Hall–Kier alpha value is -2.04. The average Bonchev–Trinajstić information content (AvgIpc) is 2.48. The quantitative estimate of drug-likeness (QED) is 0.894. The first kappa shape index (κ1) is 15.4. The van der Waals surface area contributed by atoms with Gasteiger partial charge in [-0.2, -0.15) is 0 Å². The Bertz CT molecular complexity index is 534. The molecule has 0 unspecified atom stereocenters. The first-order chi connectivity index (χ1) is 10.0. The fourth-order valence-corrected chi connectivity index (χ4v) is 2.53. The van der Waals surface area contributed by atoms with Gasteiger partial charge < -0.3 is 15.3 Å². The van der Waals surface area contributed by atoms with Crippen LogP contribution >= 0.6 is 0 Å². The summed E-state index contributed by atoms with van der Waals surface area (Å²) in [6.45, 7) is 5.88. The van der Waals surface area contributed by atoms with Gasteiger partial charge in [0.25, 0.3) is 0 Å². The number of benzene rings is 1. The summed E-state index contributed by atoms with van der Waals surface area (Å²) in [5, 5.41) is 11.9. The van der Waals surface area contributed by atoms with Crippen molar-refractivity contribution < 1.29 is 14.7 Å². The molecule has 1 fully saturated rings. The number of rotatable bonds is 4. The zero-order chi connectivity index (χ0) is 15.4. The molecule has 1 aromatic carbocycles. The topological polar surface area (TPSA) is 69.6 Å². The predicted octanol–water partition coefficient (Wildman–Crippen LogP) is 2.97. The molecule has 2 rings (SSSR count). The van der Waals surface area contributed by atoms with Gasteiger partial charge in [0.2, 0.25) is 5.91 Å². The normalized spacial score (nSPS) is 15.8. The summed E-state index contributed by atoms with van der Waals surface area (Å²) >= 11 is 0. The van der Waals surface area contributed by atoms with Gasteiger partial charge in [0.1, 0.15) is 0 Å². The van der Waals surface area contributed by atoms with Gasteiger partial charge in [-0.25, -0.2) is 4.79 Å². The van der Waals surface area contributed by atoms with E-state index in [1.165, 1.54) is 0 Å². The van der Waals surface area contributed by atoms with Crippen LogP contribution in [0.25, 0.3) is 0 Å². The van der Waals surface area contributed by atoms with E-state index in [-0.39, 0.29) is 11.5 Å². The van der Waals surface area contributed by atoms with E-state index in [2.05, 4.69) is 17.1 Å². The first-order valence-electron chi connectivity index (χ1n) is 7.43. The highest BCUT2D eigenvalue weighted by atomic mass is 16.4. The summed E-state index contributed by atoms with van der Waals surface area (Å²) < 4.78 is 0. The van der Waals surface area contributed by atoms with Gasteiger partial charge in [-0.3, -0.25) is 4.79 Å². The summed E-state index contributed by atoms with van der Waals surface area (Å²) in [6.07, 6.45) is 2.59. The number of nitrogens with one attached hydrogen (secondary N) is 1. The van der Waals surface area contributed by atoms with Gasteiger partial charge in [-0.15, -0.1) is 0 Å². The van der Waals surface area contributed by atoms with Crippen molar-refractivity contribution in [3.05, 3.63) is 23.8 Å². The fourth-order valence-electron chi connectivity index (χ4n) is 2.53. The van der Waals surface area contributed by atoms with E-state index < -0.39 is 5.97 Å². The van der Waals surface area contributed by atoms with Gasteiger partial charge in [0, 0.05) is 19.5 Å². The van der Waals surface area contributed by atoms with Crippen molar-refractivity contribution in [1.82, 2.24) is 0 Å². The van der Waals surface area contributed by atoms with Crippen LogP contribution < -0.4 is 10.2 Å². The second kappa shape index (κ2) is 6.61. The number of carbonyl (C=O) groups is 2. The number of carboxylic acid groups (broad SMARTS) is 1. The van der Waals surface area contributed by atoms with Gasteiger partial charge in [0.05, 0.1) is 16.9 Å². The van der Waals surface area contributed by atoms with Crippen molar-refractivity contribution in [2.24, 2.45) is 5.92 Å². The van der Waals surface area contributed by atoms with E-state index in [4.69, 9.17) is 5.11 Å². The maximum atomic E-state index is 11.7. The van der Waals surface area contributed by atoms with Crippen molar-refractivity contribution >= 4 is 23.3 Å². The molecule has 114 valence electrons. The minimum Gasteiger partial charge on any atom is -0.478 e. The number of nitrogens with zero attached hydrogens (tertiary/aromatic N) is 1. The van der Waals surface area contributed by atoms with Crippen molar-refractivity contribution in [2.45, 2.75) is 33.1 Å². The van der Waals surface area contributed by atoms with Crippen LogP contribution in [0.15, 0.2) is 18.2 Å². The molecule has 0 atom stereocenters. The number of aromatic carboxylic acids is 1. The molecule has 1 aliphatic rings. The largest absolute Gasteiger partial charge is 0.478 e. The minimum atomic E-state index is -0.985. The molecule has 1 heterocycles. The maximum Gasteiger partial charge on any atom is 0.335 e. The highest BCUT2D eigenvalue weighted by molar-refractivity contribution is 5.97. The number of carbonyl (C=O) groups excluding carboxylic acids is 1. The number of amides is 1. The van der Waals surface area contributed by atoms with Crippen LogP contribution in [0.1, 0.15) is 43.5 Å². The van der Waals surface area contributed by atoms with Crippen LogP contribution in [-0.4, -0.2) is 30.1 Å². The third-order valence-corrected chi connectivity index (χ3v) is 3.96. The Morgan fingerprint density at radius 1 is 1.33 bits per heavy atom. The summed E-state index contributed by atoms with van der Waals surface area (Å²) in [6, 6.07) is 4.94. The molecular formula is C16H22N2O3. The Balaban J connectivity index is 2.30. The van der Waals surface area contributed by atoms with Gasteiger partial charge in [-0.1, -0.05) is 13.8 Å². The number of hydrogen-bond donors (Lipinski definition) is 2. The van der Waals surface area contributed by atoms with E-state index in [1.807, 2.05) is 0 Å². The Morgan fingerprint density at radius 3 is 2.57 bits per heavy atom. The van der Waals surface area contributed by atoms with E-state index >= 15 is 0 Å². The second-order valence-electron chi connectivity index (χ2n) is 5.61. The molecule has 0 radical (unpaired) electrons. The monoisotopic (exact) mass is 290 g/mol. The zero-order valence-electron chi connectivity index (χ0n) is 12.6. The number of anilines is 2. The van der Waals surface area contributed by atoms with Crippen LogP contribution in [0.3, 0.4) is 0 Å². The van der Waals surface area contributed by atoms with E-state index in [0.717, 1.165) is 31.6 Å². The summed E-state index contributed by atoms with van der Waals surface area (Å²) in [4.78, 5) is 25.0. The molecule has 1 amide bonds. The van der Waals surface area contributed by atoms with E-state index in [1.54, 1.807) is 25.1 Å². The first-order valence-corrected chi connectivity index (χ1v) is 7.43. The molecule has 0 spiro atoms. The third-order valence-electron chi connectivity index (χ3n) is 3.96. The van der Waals surface area contributed by atoms with Crippen molar-refractivity contribution in [2.75, 3.05) is 23.3 Å². The molecule has 1 aliphatic heterocycles. The molecule has 21 heavy (non-hydrogen) atoms. The molecule has 0 bridgehead atoms. The van der Waals surface area contributed by atoms with Crippen molar-refractivity contribution in [1.29, 1.82) is 0 Å². The van der Waals surface area contributed by atoms with Gasteiger partial charge >= 0.3 is 5.97 Å². The molecular weight excluding hydrogens is 268 g/mol. The fraction of sp³-hybridized carbons (Fsp3) is 0.500. The molecule has 0 aliphatic carbocycles. The molecule has 1 aromatic rings. The summed E-state index contributed by atoms with van der Waals surface area (Å²) in [5.41, 5.74) is 1.69. The molecule has 0 aromatic heterocycles. The minimum absolute atomic E-state index is 0.107. The summed E-state index contributed by atoms with van der Waals surface area (Å²) in [7, 11) is 0. The van der Waals surface area contributed by atoms with Crippen molar-refractivity contribution in [3.8, 4) is 0 Å². The second-order valence-corrected chi connectivity index (χ2v) is 5.61. The Labute approximate surface area is 125 Å². The lowest BCUT2D eigenvalue weighted by Crippen LogP contribution is -2.33. The molecule has 5 nitrogen and oxygen atoms in total. The molecule has 0 saturated carbocycles. The van der Waals surface area contributed by atoms with Gasteiger partial charge in [0.15, 0.2) is 0 Å². The smallest absolute Gasteiger partial charge is 0.335 e. The van der Waals surface area contributed by atoms with Gasteiger partial charge in [-0.05, 0) is 37.0 Å². The van der Waals surface area contributed by atoms with Crippen LogP contribution in [0.2, 0.25) is 0 Å². The highest BCUT2D eigenvalue weighted by Crippen LogP contribution is 2.31. The highest BCUT2D eigenvalue weighted by Gasteiger charge is 2.20. The molecule has 5 heteroatoms. The van der Waals surface area contributed by atoms with Crippen LogP contribution in [-0.2, 0) is 4.79 Å². The number of hydrogen-bond acceptors (Lipinski definition) is 3. The van der Waals surface area contributed by atoms with Crippen LogP contribution in [0, 0.1) is 5.92 Å². The summed E-state index contributed by atoms with van der Waals surface area (Å²) in [5.74, 6) is -0.377. The lowest BCUT2D eigenvalue weighted by molar-refractivity contribution is -0.115. The maximum absolute atomic E-state index is 11.7. The molecule has 2 N–H and O–H groups in total. The Kier molecular flexibility index (Phi) is 4.83. The van der Waals surface area contributed by atoms with Crippen molar-refractivity contribution in [3.63, 3.8) is 0 Å². The molecule has 1 saturated heterocycles. The van der Waals surface area contributed by atoms with E-state index in [0.29, 0.717) is 18.0 Å². The SMILES string of the molecule is CCC(=O)Nc1cc(C(=O)O)ccc1N1CCC(C)CC1. The number of carboxylic acids is 1. The zero-order valence-corrected chi connectivity index (χ0v) is 12.6. The third kappa shape index (κ3) is 3.74.